The van der Waals surface area contributed by atoms with Crippen LogP contribution in [-0.4, -0.2) is 50.1 Å². The maximum absolute atomic E-state index is 12.6. The Morgan fingerprint density at radius 1 is 1.47 bits per heavy atom. The highest BCUT2D eigenvalue weighted by Gasteiger charge is 2.36. The monoisotopic (exact) mass is 325 g/mol. The minimum Gasteiger partial charge on any atom is -0.318 e. The molecule has 2 unspecified atom stereocenters. The van der Waals surface area contributed by atoms with E-state index >= 15 is 0 Å². The van der Waals surface area contributed by atoms with Gasteiger partial charge in [-0.3, -0.25) is 9.69 Å². The van der Waals surface area contributed by atoms with Gasteiger partial charge in [0.1, 0.15) is 6.04 Å². The van der Waals surface area contributed by atoms with Gasteiger partial charge in [0.25, 0.3) is 0 Å². The molecular formula is C14H20BrN3O. The van der Waals surface area contributed by atoms with Gasteiger partial charge in [0.15, 0.2) is 0 Å². The molecule has 2 atom stereocenters. The summed E-state index contributed by atoms with van der Waals surface area (Å²) in [5, 5.41) is 3.10. The molecule has 0 aliphatic carbocycles. The van der Waals surface area contributed by atoms with Gasteiger partial charge in [-0.15, -0.1) is 0 Å². The van der Waals surface area contributed by atoms with Crippen molar-refractivity contribution in [3.8, 4) is 0 Å². The van der Waals surface area contributed by atoms with Gasteiger partial charge in [0.2, 0.25) is 5.91 Å². The van der Waals surface area contributed by atoms with Crippen molar-refractivity contribution in [1.82, 2.24) is 10.2 Å². The highest BCUT2D eigenvalue weighted by atomic mass is 79.9. The number of likely N-dealkylation sites (N-methyl/N-ethyl adjacent to an activating group) is 2. The zero-order chi connectivity index (χ0) is 14.0. The van der Waals surface area contributed by atoms with Crippen LogP contribution in [0.15, 0.2) is 28.7 Å². The summed E-state index contributed by atoms with van der Waals surface area (Å²) in [5.41, 5.74) is 0.959. The number of nitrogens with zero attached hydrogens (tertiary/aromatic N) is 2. The molecule has 1 amide bonds. The van der Waals surface area contributed by atoms with E-state index in [-0.39, 0.29) is 11.9 Å². The molecule has 1 saturated heterocycles. The standard InChI is InChI=1S/C14H20BrN3O/c1-10-9-18(12-6-4-5-11(15)7-12)14(19)13(8-16-2)17(10)3/h4-7,10,13,16H,8-9H2,1-3H3. The fraction of sp³-hybridized carbons (Fsp3) is 0.500. The predicted molar refractivity (Wildman–Crippen MR) is 81.4 cm³/mol. The minimum atomic E-state index is -0.104. The SMILES string of the molecule is CNCC1C(=O)N(c2cccc(Br)c2)CC(C)N1C. The number of rotatable bonds is 3. The van der Waals surface area contributed by atoms with Crippen molar-refractivity contribution in [2.45, 2.75) is 19.0 Å². The van der Waals surface area contributed by atoms with Crippen LogP contribution in [0.3, 0.4) is 0 Å². The van der Waals surface area contributed by atoms with Crippen LogP contribution < -0.4 is 10.2 Å². The maximum Gasteiger partial charge on any atom is 0.245 e. The fourth-order valence-corrected chi connectivity index (χ4v) is 2.83. The highest BCUT2D eigenvalue weighted by Crippen LogP contribution is 2.25. The molecule has 1 aromatic rings. The number of nitrogens with one attached hydrogen (secondary N) is 1. The smallest absolute Gasteiger partial charge is 0.245 e. The van der Waals surface area contributed by atoms with Gasteiger partial charge in [-0.2, -0.15) is 0 Å². The van der Waals surface area contributed by atoms with Crippen LogP contribution in [0.4, 0.5) is 5.69 Å². The molecule has 4 nitrogen and oxygen atoms in total. The summed E-state index contributed by atoms with van der Waals surface area (Å²) in [7, 11) is 3.90. The Bertz CT molecular complexity index is 466. The Morgan fingerprint density at radius 2 is 2.21 bits per heavy atom. The number of hydrogen-bond donors (Lipinski definition) is 1. The summed E-state index contributed by atoms with van der Waals surface area (Å²) in [4.78, 5) is 16.6. The fourth-order valence-electron chi connectivity index (χ4n) is 2.45. The Morgan fingerprint density at radius 3 is 2.84 bits per heavy atom. The van der Waals surface area contributed by atoms with Crippen molar-refractivity contribution in [3.63, 3.8) is 0 Å². The van der Waals surface area contributed by atoms with Crippen LogP contribution in [0.1, 0.15) is 6.92 Å². The molecule has 1 heterocycles. The number of halogens is 1. The summed E-state index contributed by atoms with van der Waals surface area (Å²) >= 11 is 3.46. The van der Waals surface area contributed by atoms with E-state index in [1.807, 2.05) is 43.3 Å². The number of hydrogen-bond acceptors (Lipinski definition) is 3. The van der Waals surface area contributed by atoms with E-state index in [2.05, 4.69) is 33.1 Å². The first kappa shape index (κ1) is 14.5. The zero-order valence-electron chi connectivity index (χ0n) is 11.6. The Kier molecular flexibility index (Phi) is 4.60. The lowest BCUT2D eigenvalue weighted by atomic mass is 10.1. The van der Waals surface area contributed by atoms with E-state index in [0.29, 0.717) is 12.6 Å². The first-order valence-corrected chi connectivity index (χ1v) is 7.27. The van der Waals surface area contributed by atoms with Crippen molar-refractivity contribution in [2.24, 2.45) is 0 Å². The van der Waals surface area contributed by atoms with Crippen molar-refractivity contribution in [2.75, 3.05) is 32.1 Å². The summed E-state index contributed by atoms with van der Waals surface area (Å²) in [6, 6.07) is 8.15. The van der Waals surface area contributed by atoms with Gasteiger partial charge in [0, 0.05) is 29.3 Å². The van der Waals surface area contributed by atoms with Gasteiger partial charge >= 0.3 is 0 Å². The minimum absolute atomic E-state index is 0.104. The molecule has 0 radical (unpaired) electrons. The average molecular weight is 326 g/mol. The van der Waals surface area contributed by atoms with Crippen LogP contribution in [-0.2, 0) is 4.79 Å². The third kappa shape index (κ3) is 2.99. The molecule has 0 saturated carbocycles. The summed E-state index contributed by atoms with van der Waals surface area (Å²) in [5.74, 6) is 0.160. The van der Waals surface area contributed by atoms with Gasteiger partial charge < -0.3 is 10.2 Å². The number of benzene rings is 1. The van der Waals surface area contributed by atoms with E-state index in [9.17, 15) is 4.79 Å². The molecule has 0 spiro atoms. The molecule has 1 fully saturated rings. The molecule has 0 bridgehead atoms. The Hall–Kier alpha value is -0.910. The van der Waals surface area contributed by atoms with Gasteiger partial charge in [0.05, 0.1) is 0 Å². The van der Waals surface area contributed by atoms with Crippen LogP contribution >= 0.6 is 15.9 Å². The topological polar surface area (TPSA) is 35.6 Å². The lowest BCUT2D eigenvalue weighted by molar-refractivity contribution is -0.126. The van der Waals surface area contributed by atoms with Crippen molar-refractivity contribution >= 4 is 27.5 Å². The Balaban J connectivity index is 2.28. The van der Waals surface area contributed by atoms with E-state index in [1.54, 1.807) is 0 Å². The van der Waals surface area contributed by atoms with Gasteiger partial charge in [-0.05, 0) is 39.2 Å². The molecule has 1 aliphatic rings. The summed E-state index contributed by atoms with van der Waals surface area (Å²) < 4.78 is 0.995. The van der Waals surface area contributed by atoms with Crippen molar-refractivity contribution in [3.05, 3.63) is 28.7 Å². The lowest BCUT2D eigenvalue weighted by Crippen LogP contribution is -2.62. The van der Waals surface area contributed by atoms with Crippen molar-refractivity contribution < 1.29 is 4.79 Å². The third-order valence-electron chi connectivity index (χ3n) is 3.70. The zero-order valence-corrected chi connectivity index (χ0v) is 13.1. The molecule has 1 N–H and O–H groups in total. The number of anilines is 1. The van der Waals surface area contributed by atoms with Crippen LogP contribution in [0.2, 0.25) is 0 Å². The molecule has 19 heavy (non-hydrogen) atoms. The first-order valence-electron chi connectivity index (χ1n) is 6.48. The quantitative estimate of drug-likeness (QED) is 0.918. The molecule has 2 rings (SSSR count). The molecule has 5 heteroatoms. The second-order valence-corrected chi connectivity index (χ2v) is 5.93. The Labute approximate surface area is 122 Å². The third-order valence-corrected chi connectivity index (χ3v) is 4.20. The summed E-state index contributed by atoms with van der Waals surface area (Å²) in [6.45, 7) is 3.55. The molecule has 1 aromatic carbocycles. The van der Waals surface area contributed by atoms with Crippen LogP contribution in [0.5, 0.6) is 0 Å². The average Bonchev–Trinajstić information content (AvgIpc) is 2.39. The number of piperazine rings is 1. The molecule has 1 aliphatic heterocycles. The maximum atomic E-state index is 12.6. The highest BCUT2D eigenvalue weighted by molar-refractivity contribution is 9.10. The number of carbonyl (C=O) groups excluding carboxylic acids is 1. The van der Waals surface area contributed by atoms with Crippen molar-refractivity contribution in [1.29, 1.82) is 0 Å². The van der Waals surface area contributed by atoms with E-state index in [4.69, 9.17) is 0 Å². The van der Waals surface area contributed by atoms with Gasteiger partial charge in [-0.25, -0.2) is 0 Å². The molecule has 0 aromatic heterocycles. The lowest BCUT2D eigenvalue weighted by Gasteiger charge is -2.43. The predicted octanol–water partition coefficient (Wildman–Crippen LogP) is 1.70. The number of amides is 1. The van der Waals surface area contributed by atoms with E-state index < -0.39 is 0 Å². The second-order valence-electron chi connectivity index (χ2n) is 5.02. The van der Waals surface area contributed by atoms with Crippen LogP contribution in [0, 0.1) is 0 Å². The normalized spacial score (nSPS) is 24.8. The van der Waals surface area contributed by atoms with Gasteiger partial charge in [-0.1, -0.05) is 22.0 Å². The second kappa shape index (κ2) is 6.03. The summed E-state index contributed by atoms with van der Waals surface area (Å²) in [6.07, 6.45) is 0. The van der Waals surface area contributed by atoms with E-state index in [0.717, 1.165) is 16.7 Å². The first-order chi connectivity index (χ1) is 9.04. The van der Waals surface area contributed by atoms with Crippen LogP contribution in [0.25, 0.3) is 0 Å². The molecule has 104 valence electrons. The van der Waals surface area contributed by atoms with E-state index in [1.165, 1.54) is 0 Å². The largest absolute Gasteiger partial charge is 0.318 e. The molecular weight excluding hydrogens is 306 g/mol. The number of carbonyl (C=O) groups is 1.